The van der Waals surface area contributed by atoms with Crippen molar-refractivity contribution < 1.29 is 4.79 Å². The number of amides is 1. The number of halogens is 2. The van der Waals surface area contributed by atoms with E-state index in [1.807, 2.05) is 12.3 Å². The van der Waals surface area contributed by atoms with Crippen LogP contribution in [0.3, 0.4) is 0 Å². The molecule has 0 aliphatic heterocycles. The Morgan fingerprint density at radius 3 is 2.72 bits per heavy atom. The van der Waals surface area contributed by atoms with E-state index in [-0.39, 0.29) is 5.91 Å². The molecule has 1 aliphatic carbocycles. The summed E-state index contributed by atoms with van der Waals surface area (Å²) in [5, 5.41) is 5.53. The normalized spacial score (nSPS) is 23.9. The van der Waals surface area contributed by atoms with Gasteiger partial charge in [0.15, 0.2) is 0 Å². The van der Waals surface area contributed by atoms with Crippen molar-refractivity contribution in [3.63, 3.8) is 0 Å². The van der Waals surface area contributed by atoms with Crippen LogP contribution in [0, 0.1) is 12.8 Å². The van der Waals surface area contributed by atoms with Crippen molar-refractivity contribution >= 4 is 44.8 Å². The van der Waals surface area contributed by atoms with Gasteiger partial charge in [0.2, 0.25) is 0 Å². The van der Waals surface area contributed by atoms with Crippen LogP contribution < -0.4 is 5.32 Å². The summed E-state index contributed by atoms with van der Waals surface area (Å²) in [7, 11) is 0. The highest BCUT2D eigenvalue weighted by Crippen LogP contribution is 2.29. The number of aryl methyl sites for hydroxylation is 1. The molecule has 1 amide bonds. The maximum Gasteiger partial charge on any atom is 0.262 e. The third-order valence-corrected chi connectivity index (χ3v) is 6.04. The fraction of sp³-hybridized carbons (Fsp3) is 0.615. The summed E-state index contributed by atoms with van der Waals surface area (Å²) in [4.78, 5) is 13.3. The van der Waals surface area contributed by atoms with Crippen LogP contribution in [-0.2, 0) is 0 Å². The Labute approximate surface area is 125 Å². The van der Waals surface area contributed by atoms with E-state index in [0.29, 0.717) is 20.6 Å². The second-order valence-corrected chi connectivity index (χ2v) is 7.44. The molecule has 1 aromatic heterocycles. The number of carbonyl (C=O) groups excluding carboxylic acids is 1. The van der Waals surface area contributed by atoms with Gasteiger partial charge in [0.1, 0.15) is 4.88 Å². The van der Waals surface area contributed by atoms with Crippen LogP contribution >= 0.6 is 38.9 Å². The standard InChI is InChI=1S/C13H17BrClNOS/c1-8-7-18-12(11(8)15)13(17)16-6-9-2-4-10(14)5-3-9/h7,9-10H,2-6H2,1H3,(H,16,17). The molecule has 1 fully saturated rings. The van der Waals surface area contributed by atoms with Crippen LogP contribution in [0.5, 0.6) is 0 Å². The van der Waals surface area contributed by atoms with Crippen LogP contribution in [0.25, 0.3) is 0 Å². The minimum atomic E-state index is -0.0286. The molecule has 1 aliphatic rings. The number of alkyl halides is 1. The fourth-order valence-corrected chi connectivity index (χ4v) is 3.95. The van der Waals surface area contributed by atoms with Gasteiger partial charge in [0, 0.05) is 11.4 Å². The zero-order chi connectivity index (χ0) is 13.1. The van der Waals surface area contributed by atoms with E-state index >= 15 is 0 Å². The van der Waals surface area contributed by atoms with Crippen molar-refractivity contribution in [1.29, 1.82) is 0 Å². The molecule has 0 saturated heterocycles. The van der Waals surface area contributed by atoms with E-state index in [1.165, 1.54) is 37.0 Å². The lowest BCUT2D eigenvalue weighted by Crippen LogP contribution is -2.31. The predicted molar refractivity (Wildman–Crippen MR) is 81.1 cm³/mol. The maximum absolute atomic E-state index is 12.0. The zero-order valence-electron chi connectivity index (χ0n) is 10.3. The molecule has 1 heterocycles. The van der Waals surface area contributed by atoms with Gasteiger partial charge in [-0.05, 0) is 49.5 Å². The Morgan fingerprint density at radius 1 is 1.50 bits per heavy atom. The Bertz CT molecular complexity index is 427. The molecule has 1 N–H and O–H groups in total. The van der Waals surface area contributed by atoms with E-state index in [2.05, 4.69) is 21.2 Å². The second-order valence-electron chi connectivity index (χ2n) is 4.89. The first-order valence-corrected chi connectivity index (χ1v) is 8.41. The van der Waals surface area contributed by atoms with E-state index < -0.39 is 0 Å². The third-order valence-electron chi connectivity index (χ3n) is 3.43. The van der Waals surface area contributed by atoms with E-state index in [0.717, 1.165) is 12.1 Å². The fourth-order valence-electron chi connectivity index (χ4n) is 2.23. The van der Waals surface area contributed by atoms with Gasteiger partial charge in [0.05, 0.1) is 5.02 Å². The molecule has 0 spiro atoms. The van der Waals surface area contributed by atoms with Gasteiger partial charge >= 0.3 is 0 Å². The Morgan fingerprint density at radius 2 is 2.17 bits per heavy atom. The van der Waals surface area contributed by atoms with Gasteiger partial charge in [0.25, 0.3) is 5.91 Å². The molecule has 100 valence electrons. The first-order valence-electron chi connectivity index (χ1n) is 6.23. The highest BCUT2D eigenvalue weighted by Gasteiger charge is 2.21. The van der Waals surface area contributed by atoms with Crippen LogP contribution in [-0.4, -0.2) is 17.3 Å². The molecular weight excluding hydrogens is 334 g/mol. The molecule has 0 radical (unpaired) electrons. The van der Waals surface area contributed by atoms with Gasteiger partial charge in [-0.25, -0.2) is 0 Å². The van der Waals surface area contributed by atoms with Crippen molar-refractivity contribution in [2.24, 2.45) is 5.92 Å². The molecule has 2 nitrogen and oxygen atoms in total. The summed E-state index contributed by atoms with van der Waals surface area (Å²) >= 11 is 11.1. The summed E-state index contributed by atoms with van der Waals surface area (Å²) in [5.74, 6) is 0.585. The van der Waals surface area contributed by atoms with Crippen LogP contribution in [0.2, 0.25) is 5.02 Å². The van der Waals surface area contributed by atoms with Gasteiger partial charge in [-0.2, -0.15) is 0 Å². The van der Waals surface area contributed by atoms with Gasteiger partial charge in [-0.15, -0.1) is 11.3 Å². The summed E-state index contributed by atoms with van der Waals surface area (Å²) in [6.45, 7) is 2.69. The number of hydrogen-bond donors (Lipinski definition) is 1. The topological polar surface area (TPSA) is 29.1 Å². The van der Waals surface area contributed by atoms with E-state index in [1.54, 1.807) is 0 Å². The minimum Gasteiger partial charge on any atom is -0.351 e. The number of carbonyl (C=O) groups is 1. The number of rotatable bonds is 3. The minimum absolute atomic E-state index is 0.0286. The number of nitrogens with one attached hydrogen (secondary N) is 1. The Kier molecular flexibility index (Phi) is 5.10. The second kappa shape index (κ2) is 6.40. The van der Waals surface area contributed by atoms with Gasteiger partial charge in [-0.3, -0.25) is 4.79 Å². The predicted octanol–water partition coefficient (Wildman–Crippen LogP) is 4.39. The van der Waals surface area contributed by atoms with Gasteiger partial charge in [-0.1, -0.05) is 27.5 Å². The van der Waals surface area contributed by atoms with Crippen molar-refractivity contribution in [2.75, 3.05) is 6.54 Å². The van der Waals surface area contributed by atoms with Crippen molar-refractivity contribution in [2.45, 2.75) is 37.4 Å². The van der Waals surface area contributed by atoms with Crippen molar-refractivity contribution in [3.8, 4) is 0 Å². The Balaban J connectivity index is 1.83. The highest BCUT2D eigenvalue weighted by molar-refractivity contribution is 9.09. The van der Waals surface area contributed by atoms with Crippen molar-refractivity contribution in [1.82, 2.24) is 5.32 Å². The van der Waals surface area contributed by atoms with E-state index in [4.69, 9.17) is 11.6 Å². The summed E-state index contributed by atoms with van der Waals surface area (Å²) in [6, 6.07) is 0. The third kappa shape index (κ3) is 3.49. The zero-order valence-corrected chi connectivity index (χ0v) is 13.5. The maximum atomic E-state index is 12.0. The molecule has 0 aromatic carbocycles. The number of hydrogen-bond acceptors (Lipinski definition) is 2. The molecule has 0 bridgehead atoms. The summed E-state index contributed by atoms with van der Waals surface area (Å²) in [6.07, 6.45) is 4.79. The molecule has 0 unspecified atom stereocenters. The lowest BCUT2D eigenvalue weighted by Gasteiger charge is -2.25. The molecule has 1 aromatic rings. The first-order chi connectivity index (χ1) is 8.58. The van der Waals surface area contributed by atoms with Crippen LogP contribution in [0.15, 0.2) is 5.38 Å². The number of thiophene rings is 1. The molecular formula is C13H17BrClNOS. The molecule has 18 heavy (non-hydrogen) atoms. The van der Waals surface area contributed by atoms with Gasteiger partial charge < -0.3 is 5.32 Å². The van der Waals surface area contributed by atoms with E-state index in [9.17, 15) is 4.79 Å². The SMILES string of the molecule is Cc1csc(C(=O)NCC2CCC(Br)CC2)c1Cl. The lowest BCUT2D eigenvalue weighted by molar-refractivity contribution is 0.0948. The summed E-state index contributed by atoms with van der Waals surface area (Å²) in [5.41, 5.74) is 0.978. The monoisotopic (exact) mass is 349 g/mol. The average molecular weight is 351 g/mol. The molecule has 2 rings (SSSR count). The lowest BCUT2D eigenvalue weighted by atomic mass is 9.89. The highest BCUT2D eigenvalue weighted by atomic mass is 79.9. The molecule has 5 heteroatoms. The van der Waals surface area contributed by atoms with Crippen LogP contribution in [0.1, 0.15) is 40.9 Å². The Hall–Kier alpha value is -0.0600. The summed E-state index contributed by atoms with van der Waals surface area (Å²) < 4.78 is 0. The first kappa shape index (κ1) is 14.4. The largest absolute Gasteiger partial charge is 0.351 e. The van der Waals surface area contributed by atoms with Crippen LogP contribution in [0.4, 0.5) is 0 Å². The molecule has 0 atom stereocenters. The molecule has 1 saturated carbocycles. The smallest absolute Gasteiger partial charge is 0.262 e. The van der Waals surface area contributed by atoms with Crippen molar-refractivity contribution in [3.05, 3.63) is 20.8 Å². The average Bonchev–Trinajstić information content (AvgIpc) is 2.69. The quantitative estimate of drug-likeness (QED) is 0.805.